The Hall–Kier alpha value is -1.95. The molecule has 1 aromatic carbocycles. The van der Waals surface area contributed by atoms with Crippen molar-refractivity contribution in [3.05, 3.63) is 46.5 Å². The fourth-order valence-electron chi connectivity index (χ4n) is 3.70. The third-order valence-electron chi connectivity index (χ3n) is 5.24. The summed E-state index contributed by atoms with van der Waals surface area (Å²) in [6.45, 7) is 3.73. The molecule has 25 heavy (non-hydrogen) atoms. The van der Waals surface area contributed by atoms with Gasteiger partial charge in [0.1, 0.15) is 5.82 Å². The lowest BCUT2D eigenvalue weighted by Crippen LogP contribution is -2.40. The molecule has 1 N–H and O–H groups in total. The van der Waals surface area contributed by atoms with Crippen LogP contribution in [0, 0.1) is 4.77 Å². The van der Waals surface area contributed by atoms with Crippen molar-refractivity contribution in [3.63, 3.8) is 0 Å². The molecule has 1 aromatic heterocycles. The van der Waals surface area contributed by atoms with E-state index in [1.165, 1.54) is 5.56 Å². The first-order chi connectivity index (χ1) is 12.1. The number of H-pyrrole nitrogens is 1. The van der Waals surface area contributed by atoms with E-state index in [1.54, 1.807) is 0 Å². The molecule has 0 aliphatic carbocycles. The number of aromatic amines is 1. The first kappa shape index (κ1) is 17.9. The Kier molecular flexibility index (Phi) is 5.68. The molecule has 1 amide bonds. The molecule has 134 valence electrons. The number of likely N-dealkylation sites (tertiary alicyclic amines) is 1. The molecule has 1 aliphatic heterocycles. The van der Waals surface area contributed by atoms with Gasteiger partial charge in [0.25, 0.3) is 0 Å². The van der Waals surface area contributed by atoms with Crippen LogP contribution in [-0.4, -0.2) is 38.7 Å². The fraction of sp³-hybridized carbons (Fsp3) is 0.526. The molecule has 5 nitrogen and oxygen atoms in total. The normalized spacial score (nSPS) is 19.0. The van der Waals surface area contributed by atoms with Crippen molar-refractivity contribution in [2.75, 3.05) is 13.1 Å². The van der Waals surface area contributed by atoms with Gasteiger partial charge in [0.15, 0.2) is 4.77 Å². The third-order valence-corrected chi connectivity index (χ3v) is 5.60. The lowest BCUT2D eigenvalue weighted by molar-refractivity contribution is -0.132. The van der Waals surface area contributed by atoms with Crippen LogP contribution in [0.1, 0.15) is 55.8 Å². The first-order valence-electron chi connectivity index (χ1n) is 9.04. The van der Waals surface area contributed by atoms with E-state index in [0.29, 0.717) is 11.2 Å². The van der Waals surface area contributed by atoms with Crippen molar-refractivity contribution in [1.29, 1.82) is 0 Å². The van der Waals surface area contributed by atoms with Gasteiger partial charge in [-0.2, -0.15) is 5.10 Å². The van der Waals surface area contributed by atoms with Crippen LogP contribution in [0.2, 0.25) is 0 Å². The Morgan fingerprint density at radius 2 is 2.16 bits per heavy atom. The zero-order chi connectivity index (χ0) is 17.8. The van der Waals surface area contributed by atoms with Crippen molar-refractivity contribution in [2.24, 2.45) is 7.05 Å². The second-order valence-corrected chi connectivity index (χ2v) is 7.23. The quantitative estimate of drug-likeness (QED) is 0.828. The smallest absolute Gasteiger partial charge is 0.223 e. The molecule has 1 fully saturated rings. The van der Waals surface area contributed by atoms with Crippen LogP contribution in [0.3, 0.4) is 0 Å². The zero-order valence-electron chi connectivity index (χ0n) is 14.9. The van der Waals surface area contributed by atoms with Gasteiger partial charge in [-0.15, -0.1) is 0 Å². The number of amides is 1. The summed E-state index contributed by atoms with van der Waals surface area (Å²) in [7, 11) is 1.93. The Morgan fingerprint density at radius 1 is 1.40 bits per heavy atom. The van der Waals surface area contributed by atoms with E-state index >= 15 is 0 Å². The molecule has 0 spiro atoms. The molecular formula is C19H26N4OS. The first-order valence-corrected chi connectivity index (χ1v) is 9.45. The summed E-state index contributed by atoms with van der Waals surface area (Å²) in [5, 5.41) is 7.22. The van der Waals surface area contributed by atoms with Crippen LogP contribution in [0.4, 0.5) is 0 Å². The summed E-state index contributed by atoms with van der Waals surface area (Å²) < 4.78 is 2.56. The number of piperidine rings is 1. The van der Waals surface area contributed by atoms with E-state index in [0.717, 1.165) is 38.2 Å². The highest BCUT2D eigenvalue weighted by molar-refractivity contribution is 7.71. The predicted octanol–water partition coefficient (Wildman–Crippen LogP) is 3.77. The van der Waals surface area contributed by atoms with Gasteiger partial charge in [-0.05, 0) is 43.0 Å². The van der Waals surface area contributed by atoms with Gasteiger partial charge in [-0.3, -0.25) is 9.89 Å². The minimum Gasteiger partial charge on any atom is -0.342 e. The highest BCUT2D eigenvalue weighted by Gasteiger charge is 2.28. The Morgan fingerprint density at radius 3 is 2.80 bits per heavy atom. The highest BCUT2D eigenvalue weighted by Crippen LogP contribution is 2.28. The van der Waals surface area contributed by atoms with Gasteiger partial charge in [-0.1, -0.05) is 37.3 Å². The van der Waals surface area contributed by atoms with Crippen LogP contribution in [0.5, 0.6) is 0 Å². The molecule has 0 radical (unpaired) electrons. The second-order valence-electron chi connectivity index (χ2n) is 6.84. The van der Waals surface area contributed by atoms with Crippen molar-refractivity contribution in [3.8, 4) is 0 Å². The topological polar surface area (TPSA) is 53.9 Å². The van der Waals surface area contributed by atoms with Crippen molar-refractivity contribution in [1.82, 2.24) is 19.7 Å². The van der Waals surface area contributed by atoms with Gasteiger partial charge in [-0.25, -0.2) is 0 Å². The number of nitrogens with zero attached hydrogens (tertiary/aromatic N) is 3. The molecule has 2 atom stereocenters. The summed E-state index contributed by atoms with van der Waals surface area (Å²) in [4.78, 5) is 14.9. The van der Waals surface area contributed by atoms with Crippen LogP contribution >= 0.6 is 12.2 Å². The van der Waals surface area contributed by atoms with E-state index in [9.17, 15) is 4.79 Å². The standard InChI is InChI=1S/C19H26N4OS/c1-3-14(15-8-5-4-6-9-15)12-17(24)23-11-7-10-16(13-23)18-20-21-19(25)22(18)2/h4-6,8-9,14,16H,3,7,10-13H2,1-2H3,(H,21,25)/t14-,16+/m0/s1. The highest BCUT2D eigenvalue weighted by atomic mass is 32.1. The lowest BCUT2D eigenvalue weighted by Gasteiger charge is -2.33. The predicted molar refractivity (Wildman–Crippen MR) is 101 cm³/mol. The van der Waals surface area contributed by atoms with Gasteiger partial charge in [0, 0.05) is 32.5 Å². The molecule has 0 saturated carbocycles. The van der Waals surface area contributed by atoms with E-state index in [1.807, 2.05) is 34.7 Å². The average molecular weight is 359 g/mol. The molecular weight excluding hydrogens is 332 g/mol. The van der Waals surface area contributed by atoms with Gasteiger partial charge >= 0.3 is 0 Å². The summed E-state index contributed by atoms with van der Waals surface area (Å²) in [6, 6.07) is 10.3. The lowest BCUT2D eigenvalue weighted by atomic mass is 9.91. The molecule has 0 unspecified atom stereocenters. The average Bonchev–Trinajstić information content (AvgIpc) is 2.99. The van der Waals surface area contributed by atoms with E-state index < -0.39 is 0 Å². The molecule has 3 rings (SSSR count). The van der Waals surface area contributed by atoms with Crippen LogP contribution < -0.4 is 0 Å². The molecule has 1 saturated heterocycles. The number of rotatable bonds is 5. The van der Waals surface area contributed by atoms with Gasteiger partial charge in [0.2, 0.25) is 5.91 Å². The summed E-state index contributed by atoms with van der Waals surface area (Å²) in [5.74, 6) is 1.75. The van der Waals surface area contributed by atoms with Gasteiger partial charge in [0.05, 0.1) is 0 Å². The Bertz CT molecular complexity index is 767. The van der Waals surface area contributed by atoms with Crippen LogP contribution in [0.25, 0.3) is 0 Å². The van der Waals surface area contributed by atoms with E-state index in [4.69, 9.17) is 12.2 Å². The van der Waals surface area contributed by atoms with Crippen LogP contribution in [-0.2, 0) is 11.8 Å². The van der Waals surface area contributed by atoms with Crippen molar-refractivity contribution < 1.29 is 4.79 Å². The zero-order valence-corrected chi connectivity index (χ0v) is 15.8. The fourth-order valence-corrected chi connectivity index (χ4v) is 3.84. The Balaban J connectivity index is 1.67. The Labute approximate surface area is 154 Å². The number of benzene rings is 1. The van der Waals surface area contributed by atoms with Crippen molar-refractivity contribution >= 4 is 18.1 Å². The largest absolute Gasteiger partial charge is 0.342 e. The number of hydrogen-bond acceptors (Lipinski definition) is 3. The number of aromatic nitrogens is 3. The number of carbonyl (C=O) groups excluding carboxylic acids is 1. The molecule has 6 heteroatoms. The summed E-state index contributed by atoms with van der Waals surface area (Å²) >= 11 is 5.22. The maximum absolute atomic E-state index is 12.9. The number of nitrogens with one attached hydrogen (secondary N) is 1. The van der Waals surface area contributed by atoms with E-state index in [2.05, 4.69) is 29.3 Å². The SMILES string of the molecule is CC[C@@H](CC(=O)N1CCC[C@@H](c2n[nH]c(=S)n2C)C1)c1ccccc1. The third kappa shape index (κ3) is 4.00. The molecule has 0 bridgehead atoms. The maximum Gasteiger partial charge on any atom is 0.223 e. The number of hydrogen-bond donors (Lipinski definition) is 1. The number of carbonyl (C=O) groups is 1. The van der Waals surface area contributed by atoms with E-state index in [-0.39, 0.29) is 17.7 Å². The monoisotopic (exact) mass is 358 g/mol. The minimum absolute atomic E-state index is 0.247. The van der Waals surface area contributed by atoms with Crippen molar-refractivity contribution in [2.45, 2.75) is 44.4 Å². The summed E-state index contributed by atoms with van der Waals surface area (Å²) in [5.41, 5.74) is 1.25. The molecule has 2 heterocycles. The molecule has 1 aliphatic rings. The van der Waals surface area contributed by atoms with Crippen LogP contribution in [0.15, 0.2) is 30.3 Å². The summed E-state index contributed by atoms with van der Waals surface area (Å²) in [6.07, 6.45) is 3.61. The van der Waals surface area contributed by atoms with Gasteiger partial charge < -0.3 is 9.47 Å². The second kappa shape index (κ2) is 7.95. The molecule has 2 aromatic rings. The maximum atomic E-state index is 12.9. The minimum atomic E-state index is 0.247.